The van der Waals surface area contributed by atoms with Crippen molar-refractivity contribution in [2.45, 2.75) is 19.6 Å². The molecular formula is C15H19NO4. The molecule has 1 aromatic rings. The molecule has 0 aromatic heterocycles. The van der Waals surface area contributed by atoms with Gasteiger partial charge in [0, 0.05) is 7.05 Å². The van der Waals surface area contributed by atoms with Crippen LogP contribution in [-0.4, -0.2) is 43.1 Å². The number of carbonyl (C=O) groups is 2. The zero-order valence-electron chi connectivity index (χ0n) is 11.7. The molecule has 2 rings (SSSR count). The fourth-order valence-corrected chi connectivity index (χ4v) is 2.27. The molecule has 0 aliphatic carbocycles. The van der Waals surface area contributed by atoms with Crippen LogP contribution in [-0.2, 0) is 20.9 Å². The molecule has 108 valence electrons. The monoisotopic (exact) mass is 277 g/mol. The molecule has 1 heterocycles. The van der Waals surface area contributed by atoms with Crippen LogP contribution in [0, 0.1) is 5.92 Å². The van der Waals surface area contributed by atoms with Crippen LogP contribution in [0.15, 0.2) is 30.3 Å². The van der Waals surface area contributed by atoms with Gasteiger partial charge in [0.1, 0.15) is 12.4 Å². The number of likely N-dealkylation sites (N-methyl/N-ethyl adjacent to an activating group) is 1. The molecule has 1 saturated heterocycles. The predicted molar refractivity (Wildman–Crippen MR) is 73.2 cm³/mol. The van der Waals surface area contributed by atoms with E-state index in [0.29, 0.717) is 13.2 Å². The first-order valence-corrected chi connectivity index (χ1v) is 6.61. The third kappa shape index (κ3) is 3.36. The molecule has 0 spiro atoms. The summed E-state index contributed by atoms with van der Waals surface area (Å²) < 4.78 is 10.5. The Morgan fingerprint density at radius 2 is 2.00 bits per heavy atom. The van der Waals surface area contributed by atoms with Crippen molar-refractivity contribution in [1.82, 2.24) is 4.90 Å². The summed E-state index contributed by atoms with van der Waals surface area (Å²) >= 11 is 0. The average Bonchev–Trinajstić information content (AvgIpc) is 2.94. The van der Waals surface area contributed by atoms with E-state index in [1.807, 2.05) is 30.3 Å². The highest BCUT2D eigenvalue weighted by atomic mass is 16.6. The Morgan fingerprint density at radius 1 is 1.30 bits per heavy atom. The molecule has 0 saturated carbocycles. The van der Waals surface area contributed by atoms with Gasteiger partial charge in [-0.2, -0.15) is 0 Å². The smallest absolute Gasteiger partial charge is 0.410 e. The summed E-state index contributed by atoms with van der Waals surface area (Å²) in [7, 11) is 1.64. The van der Waals surface area contributed by atoms with Gasteiger partial charge in [-0.25, -0.2) is 4.79 Å². The number of ether oxygens (including phenoxy) is 2. The first kappa shape index (κ1) is 14.5. The molecule has 1 amide bonds. The number of Topliss-reactive ketones (excluding diaryl/α,β-unsaturated/α-hetero) is 1. The molecule has 0 radical (unpaired) electrons. The maximum absolute atomic E-state index is 12.0. The molecule has 1 aliphatic rings. The van der Waals surface area contributed by atoms with Gasteiger partial charge < -0.3 is 14.4 Å². The highest BCUT2D eigenvalue weighted by Gasteiger charge is 2.37. The Morgan fingerprint density at radius 3 is 2.65 bits per heavy atom. The lowest BCUT2D eigenvalue weighted by Crippen LogP contribution is -2.43. The van der Waals surface area contributed by atoms with Crippen LogP contribution >= 0.6 is 0 Å². The zero-order chi connectivity index (χ0) is 14.5. The van der Waals surface area contributed by atoms with E-state index in [-0.39, 0.29) is 24.3 Å². The van der Waals surface area contributed by atoms with E-state index in [2.05, 4.69) is 0 Å². The number of amides is 1. The van der Waals surface area contributed by atoms with Gasteiger partial charge in [-0.3, -0.25) is 4.79 Å². The van der Waals surface area contributed by atoms with Crippen molar-refractivity contribution >= 4 is 11.9 Å². The van der Waals surface area contributed by atoms with Gasteiger partial charge in [-0.15, -0.1) is 0 Å². The maximum Gasteiger partial charge on any atom is 0.410 e. The van der Waals surface area contributed by atoms with Gasteiger partial charge in [0.05, 0.1) is 25.2 Å². The Bertz CT molecular complexity index is 474. The molecule has 5 nitrogen and oxygen atoms in total. The summed E-state index contributed by atoms with van der Waals surface area (Å²) in [6, 6.07) is 9.24. The van der Waals surface area contributed by atoms with E-state index in [1.165, 1.54) is 11.8 Å². The first-order chi connectivity index (χ1) is 9.59. The van der Waals surface area contributed by atoms with Crippen molar-refractivity contribution in [1.29, 1.82) is 0 Å². The van der Waals surface area contributed by atoms with Gasteiger partial charge in [-0.05, 0) is 12.5 Å². The lowest BCUT2D eigenvalue weighted by molar-refractivity contribution is -0.121. The van der Waals surface area contributed by atoms with E-state index in [9.17, 15) is 9.59 Å². The number of benzene rings is 1. The molecule has 1 aliphatic heterocycles. The van der Waals surface area contributed by atoms with E-state index >= 15 is 0 Å². The number of rotatable bonds is 4. The molecule has 0 N–H and O–H groups in total. The fourth-order valence-electron chi connectivity index (χ4n) is 2.27. The lowest BCUT2D eigenvalue weighted by atomic mass is 9.99. The van der Waals surface area contributed by atoms with E-state index in [1.54, 1.807) is 7.05 Å². The van der Waals surface area contributed by atoms with E-state index < -0.39 is 6.09 Å². The van der Waals surface area contributed by atoms with Crippen LogP contribution in [0.4, 0.5) is 4.79 Å². The van der Waals surface area contributed by atoms with Gasteiger partial charge >= 0.3 is 6.09 Å². The Labute approximate surface area is 118 Å². The summed E-state index contributed by atoms with van der Waals surface area (Å²) in [5.41, 5.74) is 0.931. The van der Waals surface area contributed by atoms with Crippen LogP contribution < -0.4 is 0 Å². The molecule has 5 heteroatoms. The van der Waals surface area contributed by atoms with Crippen molar-refractivity contribution in [3.8, 4) is 0 Å². The van der Waals surface area contributed by atoms with Crippen molar-refractivity contribution in [3.63, 3.8) is 0 Å². The lowest BCUT2D eigenvalue weighted by Gasteiger charge is -2.26. The quantitative estimate of drug-likeness (QED) is 0.843. The second-order valence-electron chi connectivity index (χ2n) is 4.97. The van der Waals surface area contributed by atoms with Crippen molar-refractivity contribution in [2.24, 2.45) is 5.92 Å². The van der Waals surface area contributed by atoms with Gasteiger partial charge in [0.2, 0.25) is 0 Å². The number of hydrogen-bond acceptors (Lipinski definition) is 4. The van der Waals surface area contributed by atoms with Crippen LogP contribution in [0.5, 0.6) is 0 Å². The fraction of sp³-hybridized carbons (Fsp3) is 0.467. The van der Waals surface area contributed by atoms with Crippen LogP contribution in [0.2, 0.25) is 0 Å². The molecule has 1 fully saturated rings. The average molecular weight is 277 g/mol. The predicted octanol–water partition coefficient (Wildman–Crippen LogP) is 1.86. The highest BCUT2D eigenvalue weighted by Crippen LogP contribution is 2.20. The third-order valence-electron chi connectivity index (χ3n) is 3.56. The minimum absolute atomic E-state index is 0.0372. The molecular weight excluding hydrogens is 258 g/mol. The Hall–Kier alpha value is -1.88. The van der Waals surface area contributed by atoms with Crippen molar-refractivity contribution in [3.05, 3.63) is 35.9 Å². The second kappa shape index (κ2) is 6.52. The summed E-state index contributed by atoms with van der Waals surface area (Å²) in [6.45, 7) is 2.50. The summed E-state index contributed by atoms with van der Waals surface area (Å²) in [4.78, 5) is 25.0. The highest BCUT2D eigenvalue weighted by molar-refractivity contribution is 5.80. The third-order valence-corrected chi connectivity index (χ3v) is 3.56. The topological polar surface area (TPSA) is 55.8 Å². The SMILES string of the molecule is CC(=O)C1COCC1N(C)C(=O)OCc1ccccc1. The summed E-state index contributed by atoms with van der Waals surface area (Å²) in [6.07, 6.45) is -0.435. The minimum atomic E-state index is -0.435. The van der Waals surface area contributed by atoms with Gasteiger partial charge in [0.15, 0.2) is 0 Å². The van der Waals surface area contributed by atoms with Crippen LogP contribution in [0.3, 0.4) is 0 Å². The van der Waals surface area contributed by atoms with Crippen molar-refractivity contribution < 1.29 is 19.1 Å². The van der Waals surface area contributed by atoms with Gasteiger partial charge in [0.25, 0.3) is 0 Å². The molecule has 20 heavy (non-hydrogen) atoms. The normalized spacial score (nSPS) is 21.5. The van der Waals surface area contributed by atoms with E-state index in [4.69, 9.17) is 9.47 Å². The van der Waals surface area contributed by atoms with Gasteiger partial charge in [-0.1, -0.05) is 30.3 Å². The molecule has 2 unspecified atom stereocenters. The number of carbonyl (C=O) groups excluding carboxylic acids is 2. The standard InChI is InChI=1S/C15H19NO4/c1-11(17)13-9-19-10-14(13)16(2)15(18)20-8-12-6-4-3-5-7-12/h3-7,13-14H,8-10H2,1-2H3. The summed E-state index contributed by atoms with van der Waals surface area (Å²) in [5, 5.41) is 0. The largest absolute Gasteiger partial charge is 0.445 e. The molecule has 0 bridgehead atoms. The van der Waals surface area contributed by atoms with E-state index in [0.717, 1.165) is 5.56 Å². The number of ketones is 1. The zero-order valence-corrected chi connectivity index (χ0v) is 11.7. The Balaban J connectivity index is 1.90. The van der Waals surface area contributed by atoms with Crippen LogP contribution in [0.1, 0.15) is 12.5 Å². The molecule has 2 atom stereocenters. The number of hydrogen-bond donors (Lipinski definition) is 0. The van der Waals surface area contributed by atoms with Crippen molar-refractivity contribution in [2.75, 3.05) is 20.3 Å². The van der Waals surface area contributed by atoms with Crippen LogP contribution in [0.25, 0.3) is 0 Å². The second-order valence-corrected chi connectivity index (χ2v) is 4.97. The minimum Gasteiger partial charge on any atom is -0.445 e. The molecule has 1 aromatic carbocycles. The summed E-state index contributed by atoms with van der Waals surface area (Å²) in [5.74, 6) is -0.223. The Kier molecular flexibility index (Phi) is 4.74. The maximum atomic E-state index is 12.0. The number of nitrogens with zero attached hydrogens (tertiary/aromatic N) is 1. The first-order valence-electron chi connectivity index (χ1n) is 6.61.